The van der Waals surface area contributed by atoms with Crippen molar-refractivity contribution in [1.82, 2.24) is 14.6 Å². The topological polar surface area (TPSA) is 79.4 Å². The summed E-state index contributed by atoms with van der Waals surface area (Å²) in [5.74, 6) is 0.504. The number of rotatable bonds is 8. The van der Waals surface area contributed by atoms with Crippen molar-refractivity contribution < 1.29 is 13.2 Å². The van der Waals surface area contributed by atoms with E-state index in [1.807, 2.05) is 12.1 Å². The molecule has 1 N–H and O–H groups in total. The number of nitrogens with zero attached hydrogens (tertiary/aromatic N) is 2. The van der Waals surface area contributed by atoms with Crippen molar-refractivity contribution in [3.63, 3.8) is 0 Å². The van der Waals surface area contributed by atoms with Crippen LogP contribution >= 0.6 is 0 Å². The van der Waals surface area contributed by atoms with E-state index in [0.29, 0.717) is 25.6 Å². The monoisotopic (exact) mass is 365 g/mol. The number of piperidine rings is 1. The van der Waals surface area contributed by atoms with Crippen LogP contribution < -0.4 is 5.32 Å². The lowest BCUT2D eigenvalue weighted by molar-refractivity contribution is -0.116. The third kappa shape index (κ3) is 7.36. The lowest BCUT2D eigenvalue weighted by atomic mass is 9.92. The van der Waals surface area contributed by atoms with Gasteiger partial charge in [0, 0.05) is 38.1 Å². The van der Waals surface area contributed by atoms with E-state index in [1.54, 1.807) is 22.8 Å². The van der Waals surface area contributed by atoms with Crippen LogP contribution in [0.1, 0.15) is 37.7 Å². The van der Waals surface area contributed by atoms with Crippen molar-refractivity contribution in [3.05, 3.63) is 36.2 Å². The molecule has 1 fully saturated rings. The van der Waals surface area contributed by atoms with Crippen LogP contribution in [-0.4, -0.2) is 49.5 Å². The zero-order valence-electron chi connectivity index (χ0n) is 14.7. The summed E-state index contributed by atoms with van der Waals surface area (Å²) in [5.41, 5.74) is 0.901. The predicted octanol–water partition coefficient (Wildman–Crippen LogP) is 2.05. The van der Waals surface area contributed by atoms with Crippen LogP contribution in [0.3, 0.4) is 0 Å². The summed E-state index contributed by atoms with van der Waals surface area (Å²) in [6.07, 6.45) is 12.9. The number of amides is 1. The summed E-state index contributed by atoms with van der Waals surface area (Å²) in [7, 11) is -3.04. The molecule has 0 spiro atoms. The van der Waals surface area contributed by atoms with Gasteiger partial charge in [0.05, 0.1) is 6.26 Å². The quantitative estimate of drug-likeness (QED) is 0.565. The number of aromatic nitrogens is 1. The summed E-state index contributed by atoms with van der Waals surface area (Å²) >= 11 is 0. The number of hydrogen-bond acceptors (Lipinski definition) is 4. The number of unbranched alkanes of at least 4 members (excludes halogenated alkanes) is 1. The van der Waals surface area contributed by atoms with Gasteiger partial charge < -0.3 is 5.32 Å². The highest BCUT2D eigenvalue weighted by Crippen LogP contribution is 2.23. The Hall–Kier alpha value is -1.73. The van der Waals surface area contributed by atoms with Gasteiger partial charge in [-0.25, -0.2) is 12.7 Å². The van der Waals surface area contributed by atoms with Crippen LogP contribution in [-0.2, 0) is 14.8 Å². The second kappa shape index (κ2) is 9.68. The van der Waals surface area contributed by atoms with Crippen LogP contribution in [0.15, 0.2) is 30.6 Å². The number of pyridine rings is 1. The Balaban J connectivity index is 1.55. The maximum Gasteiger partial charge on any atom is 0.243 e. The van der Waals surface area contributed by atoms with E-state index in [2.05, 4.69) is 10.3 Å². The van der Waals surface area contributed by atoms with Gasteiger partial charge in [0.15, 0.2) is 0 Å². The highest BCUT2D eigenvalue weighted by molar-refractivity contribution is 7.88. The van der Waals surface area contributed by atoms with Crippen LogP contribution in [0, 0.1) is 5.92 Å². The maximum absolute atomic E-state index is 11.7. The molecule has 7 heteroatoms. The van der Waals surface area contributed by atoms with Crippen molar-refractivity contribution in [2.75, 3.05) is 25.9 Å². The van der Waals surface area contributed by atoms with Gasteiger partial charge in [-0.1, -0.05) is 18.9 Å². The normalized spacial score (nSPS) is 17.0. The molecule has 1 aliphatic heterocycles. The van der Waals surface area contributed by atoms with Gasteiger partial charge in [0.25, 0.3) is 0 Å². The fourth-order valence-corrected chi connectivity index (χ4v) is 3.88. The average molecular weight is 365 g/mol. The second-order valence-corrected chi connectivity index (χ2v) is 8.49. The molecule has 2 heterocycles. The van der Waals surface area contributed by atoms with Crippen LogP contribution in [0.4, 0.5) is 0 Å². The molecule has 0 unspecified atom stereocenters. The van der Waals surface area contributed by atoms with Crippen molar-refractivity contribution in [2.45, 2.75) is 32.1 Å². The zero-order chi connectivity index (χ0) is 18.1. The number of sulfonamides is 1. The summed E-state index contributed by atoms with van der Waals surface area (Å²) < 4.78 is 24.5. The number of carbonyl (C=O) groups excluding carboxylic acids is 1. The molecule has 25 heavy (non-hydrogen) atoms. The third-order valence-corrected chi connectivity index (χ3v) is 5.80. The molecule has 1 aromatic rings. The highest BCUT2D eigenvalue weighted by Gasteiger charge is 2.24. The zero-order valence-corrected chi connectivity index (χ0v) is 15.5. The molecule has 1 amide bonds. The first-order valence-corrected chi connectivity index (χ1v) is 10.6. The third-order valence-electron chi connectivity index (χ3n) is 4.49. The van der Waals surface area contributed by atoms with E-state index >= 15 is 0 Å². The maximum atomic E-state index is 11.7. The fraction of sp³-hybridized carbons (Fsp3) is 0.556. The number of nitrogens with one attached hydrogen (secondary N) is 1. The Morgan fingerprint density at radius 2 is 2.12 bits per heavy atom. The van der Waals surface area contributed by atoms with Crippen molar-refractivity contribution in [2.24, 2.45) is 5.92 Å². The predicted molar refractivity (Wildman–Crippen MR) is 99.3 cm³/mol. The van der Waals surface area contributed by atoms with E-state index in [1.165, 1.54) is 12.3 Å². The minimum absolute atomic E-state index is 0.0923. The molecule has 1 aromatic heterocycles. The molecule has 0 bridgehead atoms. The van der Waals surface area contributed by atoms with Gasteiger partial charge in [0.2, 0.25) is 15.9 Å². The molecule has 0 saturated carbocycles. The second-order valence-electron chi connectivity index (χ2n) is 6.51. The Bertz CT molecular complexity index is 666. The van der Waals surface area contributed by atoms with Gasteiger partial charge in [-0.3, -0.25) is 9.78 Å². The first-order valence-electron chi connectivity index (χ1n) is 8.76. The summed E-state index contributed by atoms with van der Waals surface area (Å²) in [4.78, 5) is 15.7. The van der Waals surface area contributed by atoms with Crippen molar-refractivity contribution >= 4 is 22.0 Å². The number of carbonyl (C=O) groups is 1. The van der Waals surface area contributed by atoms with Gasteiger partial charge in [-0.2, -0.15) is 0 Å². The lowest BCUT2D eigenvalue weighted by Gasteiger charge is -2.30. The minimum Gasteiger partial charge on any atom is -0.353 e. The molecule has 0 aromatic carbocycles. The Kier molecular flexibility index (Phi) is 7.58. The van der Waals surface area contributed by atoms with Crippen LogP contribution in [0.5, 0.6) is 0 Å². The molecule has 2 rings (SSSR count). The number of hydrogen-bond donors (Lipinski definition) is 1. The van der Waals surface area contributed by atoms with E-state index in [9.17, 15) is 13.2 Å². The average Bonchev–Trinajstić information content (AvgIpc) is 2.60. The van der Waals surface area contributed by atoms with E-state index in [4.69, 9.17) is 0 Å². The first-order chi connectivity index (χ1) is 11.9. The Morgan fingerprint density at radius 1 is 1.36 bits per heavy atom. The van der Waals surface area contributed by atoms with Gasteiger partial charge in [-0.05, 0) is 42.9 Å². The van der Waals surface area contributed by atoms with Gasteiger partial charge in [0.1, 0.15) is 0 Å². The van der Waals surface area contributed by atoms with Crippen LogP contribution in [0.2, 0.25) is 0 Å². The largest absolute Gasteiger partial charge is 0.353 e. The molecule has 0 aliphatic carbocycles. The molecule has 1 aliphatic rings. The standard InChI is InChI=1S/C18H27N3O3S/c1-25(23,24)21-13-9-16(10-14-21)5-2-3-12-20-18(22)8-7-17-6-4-11-19-15-17/h4,6-8,11,15-16H,2-3,5,9-10,12-14H2,1H3,(H,20,22)/b8-7+. The molecular weight excluding hydrogens is 338 g/mol. The van der Waals surface area contributed by atoms with E-state index in [0.717, 1.165) is 37.7 Å². The lowest BCUT2D eigenvalue weighted by Crippen LogP contribution is -2.37. The molecule has 0 atom stereocenters. The van der Waals surface area contributed by atoms with Gasteiger partial charge >= 0.3 is 0 Å². The van der Waals surface area contributed by atoms with E-state index < -0.39 is 10.0 Å². The van der Waals surface area contributed by atoms with E-state index in [-0.39, 0.29) is 5.91 Å². The molecule has 1 saturated heterocycles. The van der Waals surface area contributed by atoms with Crippen molar-refractivity contribution in [1.29, 1.82) is 0 Å². The summed E-state index contributed by atoms with van der Waals surface area (Å²) in [6.45, 7) is 1.94. The van der Waals surface area contributed by atoms with Crippen molar-refractivity contribution in [3.8, 4) is 0 Å². The fourth-order valence-electron chi connectivity index (χ4n) is 3.00. The Morgan fingerprint density at radius 3 is 2.76 bits per heavy atom. The molecule has 138 valence electrons. The SMILES string of the molecule is CS(=O)(=O)N1CCC(CCCCNC(=O)/C=C/c2cccnc2)CC1. The smallest absolute Gasteiger partial charge is 0.243 e. The molecular formula is C18H27N3O3S. The van der Waals surface area contributed by atoms with Gasteiger partial charge in [-0.15, -0.1) is 0 Å². The Labute approximate surface area is 150 Å². The highest BCUT2D eigenvalue weighted by atomic mass is 32.2. The molecule has 0 radical (unpaired) electrons. The minimum atomic E-state index is -3.04. The first kappa shape index (κ1) is 19.6. The van der Waals surface area contributed by atoms with Crippen LogP contribution in [0.25, 0.3) is 6.08 Å². The molecule has 6 nitrogen and oxygen atoms in total. The summed E-state index contributed by atoms with van der Waals surface area (Å²) in [6, 6.07) is 3.73. The summed E-state index contributed by atoms with van der Waals surface area (Å²) in [5, 5.41) is 2.88.